The van der Waals surface area contributed by atoms with Crippen molar-refractivity contribution in [3.05, 3.63) is 11.6 Å². The van der Waals surface area contributed by atoms with Crippen LogP contribution in [0.15, 0.2) is 11.6 Å². The fraction of sp³-hybridized carbons (Fsp3) is 0.926. The van der Waals surface area contributed by atoms with Gasteiger partial charge in [0.15, 0.2) is 0 Å². The average Bonchev–Trinajstić information content (AvgIpc) is 3.06. The molecule has 0 aromatic carbocycles. The van der Waals surface area contributed by atoms with Crippen LogP contribution in [0.5, 0.6) is 0 Å². The van der Waals surface area contributed by atoms with Gasteiger partial charge in [-0.25, -0.2) is 4.18 Å². The molecule has 4 aliphatic carbocycles. The third kappa shape index (κ3) is 4.77. The maximum atomic E-state index is 11.6. The third-order valence-electron chi connectivity index (χ3n) is 10.5. The molecule has 4 rings (SSSR count). The Labute approximate surface area is 206 Å². The lowest BCUT2D eigenvalue weighted by molar-refractivity contribution is -0.0962. The van der Waals surface area contributed by atoms with Crippen molar-refractivity contribution in [1.82, 2.24) is 0 Å². The van der Waals surface area contributed by atoms with Crippen LogP contribution in [0.3, 0.4) is 0 Å². The highest BCUT2D eigenvalue weighted by molar-refractivity contribution is 7.80. The van der Waals surface area contributed by atoms with Crippen LogP contribution < -0.4 is 0 Å². The molecule has 0 spiro atoms. The van der Waals surface area contributed by atoms with Gasteiger partial charge in [-0.15, -0.1) is 0 Å². The fourth-order valence-electron chi connectivity index (χ4n) is 8.86. The molecule has 3 N–H and O–H groups in total. The summed E-state index contributed by atoms with van der Waals surface area (Å²) < 4.78 is 36.6. The van der Waals surface area contributed by atoms with E-state index in [2.05, 4.69) is 40.7 Å². The first-order valence-corrected chi connectivity index (χ1v) is 14.8. The first-order valence-electron chi connectivity index (χ1n) is 13.4. The average molecular weight is 499 g/mol. The molecule has 0 aromatic heterocycles. The van der Waals surface area contributed by atoms with Gasteiger partial charge in [-0.05, 0) is 98.7 Å². The molecule has 0 aromatic rings. The first kappa shape index (κ1) is 26.6. The lowest BCUT2D eigenvalue weighted by Gasteiger charge is -2.58. The molecule has 7 heteroatoms. The van der Waals surface area contributed by atoms with Gasteiger partial charge < -0.3 is 10.2 Å². The molecule has 0 bridgehead atoms. The van der Waals surface area contributed by atoms with Gasteiger partial charge in [0.25, 0.3) is 0 Å². The predicted molar refractivity (Wildman–Crippen MR) is 132 cm³/mol. The molecule has 0 radical (unpaired) electrons. The highest BCUT2D eigenvalue weighted by Gasteiger charge is 2.61. The summed E-state index contributed by atoms with van der Waals surface area (Å²) >= 11 is 0. The van der Waals surface area contributed by atoms with E-state index in [-0.39, 0.29) is 22.7 Å². The normalized spacial score (nSPS) is 44.1. The topological polar surface area (TPSA) is 104 Å². The monoisotopic (exact) mass is 498 g/mol. The van der Waals surface area contributed by atoms with Crippen molar-refractivity contribution in [1.29, 1.82) is 0 Å². The van der Waals surface area contributed by atoms with Crippen LogP contribution in [0.4, 0.5) is 0 Å². The molecule has 9 unspecified atom stereocenters. The Morgan fingerprint density at radius 3 is 2.53 bits per heavy atom. The summed E-state index contributed by atoms with van der Waals surface area (Å²) in [6, 6.07) is 0. The number of aliphatic hydroxyl groups excluding tert-OH is 1. The highest BCUT2D eigenvalue weighted by atomic mass is 32.3. The molecule has 0 heterocycles. The molecule has 4 aliphatic rings. The van der Waals surface area contributed by atoms with Gasteiger partial charge in [-0.1, -0.05) is 52.2 Å². The van der Waals surface area contributed by atoms with Crippen molar-refractivity contribution in [3.63, 3.8) is 0 Å². The molecule has 6 nitrogen and oxygen atoms in total. The van der Waals surface area contributed by atoms with Crippen LogP contribution in [-0.4, -0.2) is 41.0 Å². The third-order valence-corrected chi connectivity index (χ3v) is 11.0. The maximum Gasteiger partial charge on any atom is 0.397 e. The summed E-state index contributed by atoms with van der Waals surface area (Å²) in [5.74, 6) is 1.60. The molecule has 0 aliphatic heterocycles. The smallest absolute Gasteiger partial charge is 0.393 e. The standard InChI is InChI=1S/C27H46O6S/c1-17(2)7-6-12-27(5,29)24-9-8-20-19-16-23(28)22-15-18(33-34(30,31)32)10-13-25(22,3)21(19)11-14-26(20,24)4/h11,17-20,22-24,28-29H,6-10,12-16H2,1-5H3,(H,30,31,32). The van der Waals surface area contributed by atoms with Crippen molar-refractivity contribution in [3.8, 4) is 0 Å². The molecular weight excluding hydrogens is 452 g/mol. The van der Waals surface area contributed by atoms with E-state index in [1.54, 1.807) is 0 Å². The van der Waals surface area contributed by atoms with Crippen molar-refractivity contribution in [2.45, 2.75) is 117 Å². The zero-order valence-electron chi connectivity index (χ0n) is 21.7. The maximum absolute atomic E-state index is 11.6. The Bertz CT molecular complexity index is 895. The number of hydrogen-bond acceptors (Lipinski definition) is 5. The van der Waals surface area contributed by atoms with E-state index >= 15 is 0 Å². The summed E-state index contributed by atoms with van der Waals surface area (Å²) in [6.45, 7) is 11.1. The molecule has 3 saturated carbocycles. The van der Waals surface area contributed by atoms with Gasteiger partial charge in [-0.2, -0.15) is 8.42 Å². The van der Waals surface area contributed by atoms with Crippen molar-refractivity contribution < 1.29 is 27.4 Å². The van der Waals surface area contributed by atoms with Gasteiger partial charge in [0.05, 0.1) is 17.8 Å². The minimum Gasteiger partial charge on any atom is -0.393 e. The van der Waals surface area contributed by atoms with Crippen molar-refractivity contribution in [2.75, 3.05) is 0 Å². The molecule has 0 amide bonds. The van der Waals surface area contributed by atoms with Crippen LogP contribution in [-0.2, 0) is 14.6 Å². The molecule has 0 saturated heterocycles. The lowest BCUT2D eigenvalue weighted by atomic mass is 9.47. The summed E-state index contributed by atoms with van der Waals surface area (Å²) in [5, 5.41) is 22.9. The Hall–Kier alpha value is -0.470. The number of rotatable bonds is 7. The summed E-state index contributed by atoms with van der Waals surface area (Å²) in [6.07, 6.45) is 9.88. The van der Waals surface area contributed by atoms with Gasteiger partial charge in [0.1, 0.15) is 0 Å². The van der Waals surface area contributed by atoms with Crippen molar-refractivity contribution in [2.24, 2.45) is 40.4 Å². The van der Waals surface area contributed by atoms with Crippen molar-refractivity contribution >= 4 is 10.4 Å². The Balaban J connectivity index is 1.55. The number of allylic oxidation sites excluding steroid dienone is 2. The highest BCUT2D eigenvalue weighted by Crippen LogP contribution is 2.67. The zero-order valence-corrected chi connectivity index (χ0v) is 22.5. The van der Waals surface area contributed by atoms with Gasteiger partial charge in [0.2, 0.25) is 0 Å². The Morgan fingerprint density at radius 1 is 1.18 bits per heavy atom. The van der Waals surface area contributed by atoms with Crippen LogP contribution in [0.25, 0.3) is 0 Å². The summed E-state index contributed by atoms with van der Waals surface area (Å²) in [4.78, 5) is 0. The molecule has 3 fully saturated rings. The molecule has 9 atom stereocenters. The Morgan fingerprint density at radius 2 is 1.88 bits per heavy atom. The van der Waals surface area contributed by atoms with Crippen LogP contribution in [0, 0.1) is 40.4 Å². The predicted octanol–water partition coefficient (Wildman–Crippen LogP) is 5.30. The lowest BCUT2D eigenvalue weighted by Crippen LogP contribution is -2.55. The minimum atomic E-state index is -4.49. The second-order valence-electron chi connectivity index (χ2n) is 13.1. The van der Waals surface area contributed by atoms with Gasteiger partial charge >= 0.3 is 10.4 Å². The van der Waals surface area contributed by atoms with E-state index in [9.17, 15) is 18.6 Å². The van der Waals surface area contributed by atoms with Gasteiger partial charge in [0, 0.05) is 0 Å². The van der Waals surface area contributed by atoms with Crippen LogP contribution in [0.1, 0.15) is 98.8 Å². The molecular formula is C27H46O6S. The summed E-state index contributed by atoms with van der Waals surface area (Å²) in [5.41, 5.74) is 0.620. The van der Waals surface area contributed by atoms with E-state index in [1.165, 1.54) is 5.57 Å². The van der Waals surface area contributed by atoms with E-state index in [0.29, 0.717) is 37.0 Å². The zero-order chi connectivity index (χ0) is 25.1. The number of hydrogen-bond donors (Lipinski definition) is 3. The second kappa shape index (κ2) is 9.13. The Kier molecular flexibility index (Phi) is 7.14. The van der Waals surface area contributed by atoms with E-state index in [1.807, 2.05) is 0 Å². The van der Waals surface area contributed by atoms with E-state index in [0.717, 1.165) is 44.9 Å². The van der Waals surface area contributed by atoms with Gasteiger partial charge in [-0.3, -0.25) is 4.55 Å². The molecule has 196 valence electrons. The largest absolute Gasteiger partial charge is 0.397 e. The number of fused-ring (bicyclic) bond motifs is 5. The minimum absolute atomic E-state index is 0.0314. The second-order valence-corrected chi connectivity index (χ2v) is 14.2. The summed E-state index contributed by atoms with van der Waals surface area (Å²) in [7, 11) is -4.49. The SMILES string of the molecule is CC(C)CCCC(C)(O)C1CCC2C3CC(O)C4CC(OS(=O)(=O)O)CCC4(C)C3=CCC21C. The fourth-order valence-corrected chi connectivity index (χ4v) is 9.38. The quantitative estimate of drug-likeness (QED) is 0.325. The molecule has 34 heavy (non-hydrogen) atoms. The van der Waals surface area contributed by atoms with E-state index in [4.69, 9.17) is 8.74 Å². The number of aliphatic hydroxyl groups is 2. The first-order chi connectivity index (χ1) is 15.7. The van der Waals surface area contributed by atoms with Crippen LogP contribution >= 0.6 is 0 Å². The van der Waals surface area contributed by atoms with Crippen LogP contribution in [0.2, 0.25) is 0 Å². The van der Waals surface area contributed by atoms with E-state index < -0.39 is 28.2 Å².